The van der Waals surface area contributed by atoms with Gasteiger partial charge >= 0.3 is 12.1 Å². The second kappa shape index (κ2) is 10.1. The number of hydrogen-bond acceptors (Lipinski definition) is 7. The van der Waals surface area contributed by atoms with Crippen LogP contribution in [0.1, 0.15) is 61.0 Å². The summed E-state index contributed by atoms with van der Waals surface area (Å²) >= 11 is 0. The second-order valence-corrected chi connectivity index (χ2v) is 9.10. The second-order valence-electron chi connectivity index (χ2n) is 9.10. The van der Waals surface area contributed by atoms with E-state index < -0.39 is 11.6 Å². The first kappa shape index (κ1) is 23.6. The number of benzene rings is 1. The van der Waals surface area contributed by atoms with Crippen molar-refractivity contribution in [3.05, 3.63) is 46.8 Å². The largest absolute Gasteiger partial charge is 0.488 e. The number of amides is 1. The molecular weight excluding hydrogens is 412 g/mol. The Labute approximate surface area is 188 Å². The van der Waals surface area contributed by atoms with Gasteiger partial charge < -0.3 is 23.6 Å². The first-order valence-electron chi connectivity index (χ1n) is 10.9. The van der Waals surface area contributed by atoms with Gasteiger partial charge in [-0.25, -0.2) is 9.59 Å². The smallest absolute Gasteiger partial charge is 0.410 e. The highest BCUT2D eigenvalue weighted by atomic mass is 16.6. The zero-order chi connectivity index (χ0) is 23.3. The van der Waals surface area contributed by atoms with E-state index in [1.807, 2.05) is 40.7 Å². The molecule has 2 heterocycles. The number of piperidine rings is 1. The lowest BCUT2D eigenvalue weighted by Crippen LogP contribution is -2.42. The molecule has 8 heteroatoms. The molecule has 0 radical (unpaired) electrons. The Balaban J connectivity index is 1.50. The summed E-state index contributed by atoms with van der Waals surface area (Å²) in [4.78, 5) is 26.6. The normalized spacial score (nSPS) is 14.8. The number of aromatic nitrogens is 1. The minimum Gasteiger partial charge on any atom is -0.488 e. The lowest BCUT2D eigenvalue weighted by atomic mass is 9.98. The molecule has 1 amide bonds. The summed E-state index contributed by atoms with van der Waals surface area (Å²) in [6.07, 6.45) is 1.23. The molecule has 0 unspecified atom stereocenters. The van der Waals surface area contributed by atoms with E-state index in [1.54, 1.807) is 23.1 Å². The third kappa shape index (κ3) is 6.24. The van der Waals surface area contributed by atoms with Gasteiger partial charge in [0.25, 0.3) is 0 Å². The molecule has 1 saturated heterocycles. The van der Waals surface area contributed by atoms with Crippen molar-refractivity contribution >= 4 is 12.1 Å². The Hall–Kier alpha value is -3.03. The summed E-state index contributed by atoms with van der Waals surface area (Å²) in [6, 6.07) is 7.02. The topological polar surface area (TPSA) is 91.1 Å². The number of aryl methyl sites for hydroxylation is 2. The third-order valence-electron chi connectivity index (χ3n) is 5.38. The van der Waals surface area contributed by atoms with Crippen LogP contribution in [-0.2, 0) is 16.1 Å². The van der Waals surface area contributed by atoms with Crippen molar-refractivity contribution in [3.8, 4) is 5.75 Å². The predicted molar refractivity (Wildman–Crippen MR) is 118 cm³/mol. The van der Waals surface area contributed by atoms with Crippen molar-refractivity contribution in [3.63, 3.8) is 0 Å². The highest BCUT2D eigenvalue weighted by Gasteiger charge is 2.27. The van der Waals surface area contributed by atoms with E-state index in [4.69, 9.17) is 18.7 Å². The van der Waals surface area contributed by atoms with Crippen LogP contribution in [0, 0.1) is 19.8 Å². The van der Waals surface area contributed by atoms with Gasteiger partial charge in [0.1, 0.15) is 29.3 Å². The fraction of sp³-hybridized carbons (Fsp3) is 0.542. The number of esters is 1. The molecule has 1 aliphatic rings. The third-order valence-corrected chi connectivity index (χ3v) is 5.38. The van der Waals surface area contributed by atoms with E-state index in [1.165, 1.54) is 0 Å². The van der Waals surface area contributed by atoms with Crippen LogP contribution in [0.3, 0.4) is 0 Å². The Bertz CT molecular complexity index is 919. The van der Waals surface area contributed by atoms with Crippen LogP contribution in [-0.4, -0.2) is 47.4 Å². The van der Waals surface area contributed by atoms with Gasteiger partial charge in [-0.05, 0) is 65.5 Å². The number of para-hydroxylation sites is 1. The number of likely N-dealkylation sites (tertiary alicyclic amines) is 1. The maximum atomic E-state index is 12.7. The highest BCUT2D eigenvalue weighted by molar-refractivity contribution is 5.92. The van der Waals surface area contributed by atoms with Crippen molar-refractivity contribution in [2.45, 2.75) is 59.7 Å². The van der Waals surface area contributed by atoms with Gasteiger partial charge in [-0.1, -0.05) is 17.3 Å². The Morgan fingerprint density at radius 2 is 1.84 bits per heavy atom. The first-order valence-corrected chi connectivity index (χ1v) is 10.9. The molecule has 8 nitrogen and oxygen atoms in total. The van der Waals surface area contributed by atoms with Gasteiger partial charge in [-0.2, -0.15) is 0 Å². The van der Waals surface area contributed by atoms with Crippen molar-refractivity contribution in [1.29, 1.82) is 0 Å². The standard InChI is InChI=1S/C24H32N2O6/c1-16-20(17(2)32-25-16)15-29-21-9-7-6-8-19(21)22(27)30-14-18-10-12-26(13-11-18)23(28)31-24(3,4)5/h6-9,18H,10-15H2,1-5H3. The van der Waals surface area contributed by atoms with Crippen LogP contribution >= 0.6 is 0 Å². The lowest BCUT2D eigenvalue weighted by Gasteiger charge is -2.33. The summed E-state index contributed by atoms with van der Waals surface area (Å²) < 4.78 is 22.0. The van der Waals surface area contributed by atoms with Gasteiger partial charge in [0.05, 0.1) is 17.9 Å². The summed E-state index contributed by atoms with van der Waals surface area (Å²) in [6.45, 7) is 11.0. The molecule has 0 spiro atoms. The van der Waals surface area contributed by atoms with Gasteiger partial charge in [0, 0.05) is 13.1 Å². The van der Waals surface area contributed by atoms with E-state index in [0.29, 0.717) is 36.8 Å². The van der Waals surface area contributed by atoms with E-state index in [9.17, 15) is 9.59 Å². The average Bonchev–Trinajstić information content (AvgIpc) is 3.07. The zero-order valence-electron chi connectivity index (χ0n) is 19.5. The van der Waals surface area contributed by atoms with Gasteiger partial charge in [0.15, 0.2) is 0 Å². The molecule has 0 aliphatic carbocycles. The number of carbonyl (C=O) groups excluding carboxylic acids is 2. The molecule has 1 aliphatic heterocycles. The molecule has 0 atom stereocenters. The summed E-state index contributed by atoms with van der Waals surface area (Å²) in [5, 5.41) is 3.92. The molecule has 0 saturated carbocycles. The van der Waals surface area contributed by atoms with Crippen molar-refractivity contribution in [1.82, 2.24) is 10.1 Å². The first-order chi connectivity index (χ1) is 15.1. The van der Waals surface area contributed by atoms with Crippen LogP contribution < -0.4 is 4.74 Å². The Morgan fingerprint density at radius 1 is 1.16 bits per heavy atom. The van der Waals surface area contributed by atoms with Crippen LogP contribution in [0.5, 0.6) is 5.75 Å². The van der Waals surface area contributed by atoms with Gasteiger partial charge in [0.2, 0.25) is 0 Å². The number of ether oxygens (including phenoxy) is 3. The minimum atomic E-state index is -0.509. The predicted octanol–water partition coefficient (Wildman–Crippen LogP) is 4.67. The SMILES string of the molecule is Cc1noc(C)c1COc1ccccc1C(=O)OCC1CCN(C(=O)OC(C)(C)C)CC1. The summed E-state index contributed by atoms with van der Waals surface area (Å²) in [5.74, 6) is 0.930. The Morgan fingerprint density at radius 3 is 2.47 bits per heavy atom. The van der Waals surface area contributed by atoms with Crippen molar-refractivity contribution in [2.24, 2.45) is 5.92 Å². The Kier molecular flexibility index (Phi) is 7.43. The molecule has 174 valence electrons. The minimum absolute atomic E-state index is 0.202. The average molecular weight is 445 g/mol. The van der Waals surface area contributed by atoms with Crippen molar-refractivity contribution < 1.29 is 28.3 Å². The van der Waals surface area contributed by atoms with E-state index in [-0.39, 0.29) is 18.6 Å². The number of rotatable bonds is 6. The zero-order valence-corrected chi connectivity index (χ0v) is 19.5. The molecule has 3 rings (SSSR count). The number of hydrogen-bond donors (Lipinski definition) is 0. The van der Waals surface area contributed by atoms with Gasteiger partial charge in [-0.15, -0.1) is 0 Å². The quantitative estimate of drug-likeness (QED) is 0.598. The van der Waals surface area contributed by atoms with Crippen LogP contribution in [0.25, 0.3) is 0 Å². The van der Waals surface area contributed by atoms with E-state index in [0.717, 1.165) is 24.1 Å². The molecule has 2 aromatic rings. The van der Waals surface area contributed by atoms with Crippen molar-refractivity contribution in [2.75, 3.05) is 19.7 Å². The molecule has 1 aromatic heterocycles. The molecule has 0 bridgehead atoms. The maximum absolute atomic E-state index is 12.7. The van der Waals surface area contributed by atoms with Crippen LogP contribution in [0.15, 0.2) is 28.8 Å². The van der Waals surface area contributed by atoms with Gasteiger partial charge in [-0.3, -0.25) is 0 Å². The lowest BCUT2D eigenvalue weighted by molar-refractivity contribution is 0.0114. The molecule has 1 fully saturated rings. The monoisotopic (exact) mass is 444 g/mol. The number of nitrogens with zero attached hydrogens (tertiary/aromatic N) is 2. The highest BCUT2D eigenvalue weighted by Crippen LogP contribution is 2.24. The fourth-order valence-corrected chi connectivity index (χ4v) is 3.50. The van der Waals surface area contributed by atoms with E-state index >= 15 is 0 Å². The molecule has 1 aromatic carbocycles. The summed E-state index contributed by atoms with van der Waals surface area (Å²) in [7, 11) is 0. The summed E-state index contributed by atoms with van der Waals surface area (Å²) in [5.41, 5.74) is 1.50. The van der Waals surface area contributed by atoms with Crippen LogP contribution in [0.2, 0.25) is 0 Å². The maximum Gasteiger partial charge on any atom is 0.410 e. The fourth-order valence-electron chi connectivity index (χ4n) is 3.50. The van der Waals surface area contributed by atoms with Crippen LogP contribution in [0.4, 0.5) is 4.79 Å². The molecule has 0 N–H and O–H groups in total. The number of carbonyl (C=O) groups is 2. The van der Waals surface area contributed by atoms with E-state index in [2.05, 4.69) is 5.16 Å². The molecule has 32 heavy (non-hydrogen) atoms. The molecular formula is C24H32N2O6.